The van der Waals surface area contributed by atoms with Gasteiger partial charge in [-0.15, -0.1) is 0 Å². The summed E-state index contributed by atoms with van der Waals surface area (Å²) in [6, 6.07) is 5.76. The number of methoxy groups -OCH3 is 1. The van der Waals surface area contributed by atoms with E-state index in [1.54, 1.807) is 13.2 Å². The number of rotatable bonds is 9. The van der Waals surface area contributed by atoms with Gasteiger partial charge in [0.2, 0.25) is 5.88 Å². The zero-order chi connectivity index (χ0) is 15.7. The highest BCUT2D eigenvalue weighted by atomic mass is 16.5. The molecule has 0 unspecified atom stereocenters. The molecular formula is C15H24N4O2. The van der Waals surface area contributed by atoms with Gasteiger partial charge in [0.25, 0.3) is 0 Å². The van der Waals surface area contributed by atoms with Crippen LogP contribution in [0.4, 0.5) is 11.5 Å². The zero-order valence-electron chi connectivity index (χ0n) is 13.0. The maximum atomic E-state index is 8.76. The Labute approximate surface area is 126 Å². The molecule has 0 amide bonds. The highest BCUT2D eigenvalue weighted by Gasteiger charge is 2.11. The van der Waals surface area contributed by atoms with E-state index in [9.17, 15) is 0 Å². The summed E-state index contributed by atoms with van der Waals surface area (Å²) in [6.45, 7) is 6.53. The molecule has 6 heteroatoms. The van der Waals surface area contributed by atoms with Crippen LogP contribution in [0, 0.1) is 17.2 Å². The first-order valence-electron chi connectivity index (χ1n) is 7.08. The Morgan fingerprint density at radius 2 is 2.14 bits per heavy atom. The number of hydrogen-bond donors (Lipinski definition) is 1. The molecule has 0 bridgehead atoms. The van der Waals surface area contributed by atoms with Gasteiger partial charge in [-0.2, -0.15) is 10.2 Å². The number of ether oxygens (including phenoxy) is 2. The summed E-state index contributed by atoms with van der Waals surface area (Å²) in [7, 11) is 1.65. The van der Waals surface area contributed by atoms with Crippen LogP contribution in [0.2, 0.25) is 0 Å². The van der Waals surface area contributed by atoms with E-state index in [4.69, 9.17) is 20.5 Å². The monoisotopic (exact) mass is 292 g/mol. The molecule has 0 aliphatic carbocycles. The second kappa shape index (κ2) is 9.03. The Balaban J connectivity index is 2.86. The highest BCUT2D eigenvalue weighted by molar-refractivity contribution is 5.54. The minimum absolute atomic E-state index is 0.401. The van der Waals surface area contributed by atoms with Crippen molar-refractivity contribution in [3.63, 3.8) is 0 Å². The Morgan fingerprint density at radius 3 is 2.76 bits per heavy atom. The van der Waals surface area contributed by atoms with Gasteiger partial charge in [0.05, 0.1) is 31.4 Å². The van der Waals surface area contributed by atoms with E-state index in [0.717, 1.165) is 5.82 Å². The number of aromatic nitrogens is 1. The molecule has 0 saturated heterocycles. The molecule has 0 aliphatic rings. The van der Waals surface area contributed by atoms with Crippen LogP contribution in [-0.2, 0) is 4.74 Å². The predicted octanol–water partition coefficient (Wildman–Crippen LogP) is 2.07. The summed E-state index contributed by atoms with van der Waals surface area (Å²) in [4.78, 5) is 6.46. The molecular weight excluding hydrogens is 268 g/mol. The van der Waals surface area contributed by atoms with Crippen LogP contribution in [0.3, 0.4) is 0 Å². The van der Waals surface area contributed by atoms with E-state index in [2.05, 4.69) is 24.9 Å². The molecule has 1 aromatic rings. The van der Waals surface area contributed by atoms with Crippen molar-refractivity contribution in [1.29, 1.82) is 5.26 Å². The summed E-state index contributed by atoms with van der Waals surface area (Å²) in [5.41, 5.74) is 6.41. The number of pyridine rings is 1. The van der Waals surface area contributed by atoms with Crippen molar-refractivity contribution in [1.82, 2.24) is 4.98 Å². The first kappa shape index (κ1) is 17.1. The van der Waals surface area contributed by atoms with E-state index < -0.39 is 0 Å². The fourth-order valence-corrected chi connectivity index (χ4v) is 1.71. The molecule has 0 saturated carbocycles. The lowest BCUT2D eigenvalue weighted by Crippen LogP contribution is -2.29. The molecule has 0 radical (unpaired) electrons. The predicted molar refractivity (Wildman–Crippen MR) is 83.3 cm³/mol. The molecule has 1 rings (SSSR count). The molecule has 2 N–H and O–H groups in total. The van der Waals surface area contributed by atoms with Gasteiger partial charge in [0.1, 0.15) is 5.82 Å². The largest absolute Gasteiger partial charge is 0.476 e. The molecule has 0 aliphatic heterocycles. The smallest absolute Gasteiger partial charge is 0.239 e. The number of anilines is 2. The normalized spacial score (nSPS) is 10.4. The summed E-state index contributed by atoms with van der Waals surface area (Å²) >= 11 is 0. The molecule has 21 heavy (non-hydrogen) atoms. The summed E-state index contributed by atoms with van der Waals surface area (Å²) in [5.74, 6) is 1.59. The van der Waals surface area contributed by atoms with Crippen LogP contribution in [0.1, 0.15) is 20.3 Å². The first-order valence-corrected chi connectivity index (χ1v) is 7.08. The van der Waals surface area contributed by atoms with Crippen molar-refractivity contribution < 1.29 is 9.47 Å². The van der Waals surface area contributed by atoms with Crippen LogP contribution in [0.15, 0.2) is 12.1 Å². The van der Waals surface area contributed by atoms with Gasteiger partial charge in [-0.3, -0.25) is 0 Å². The SMILES string of the molecule is COCCN(CCC#N)c1ccc(N)c(OCC(C)C)n1. The summed E-state index contributed by atoms with van der Waals surface area (Å²) in [5, 5.41) is 8.76. The van der Waals surface area contributed by atoms with Crippen molar-refractivity contribution in [2.24, 2.45) is 5.92 Å². The van der Waals surface area contributed by atoms with E-state index in [1.165, 1.54) is 0 Å². The average molecular weight is 292 g/mol. The third kappa shape index (κ3) is 5.88. The standard InChI is InChI=1S/C15H24N4O2/c1-12(2)11-21-15-13(17)5-6-14(18-15)19(8-4-7-16)9-10-20-3/h5-6,12H,4,8-11,17H2,1-3H3. The second-order valence-electron chi connectivity index (χ2n) is 5.16. The van der Waals surface area contributed by atoms with Crippen LogP contribution >= 0.6 is 0 Å². The van der Waals surface area contributed by atoms with Crippen LogP contribution < -0.4 is 15.4 Å². The fraction of sp³-hybridized carbons (Fsp3) is 0.600. The maximum absolute atomic E-state index is 8.76. The molecule has 0 spiro atoms. The van der Waals surface area contributed by atoms with Crippen LogP contribution in [0.5, 0.6) is 5.88 Å². The molecule has 0 aromatic carbocycles. The molecule has 6 nitrogen and oxygen atoms in total. The van der Waals surface area contributed by atoms with Crippen LogP contribution in [0.25, 0.3) is 0 Å². The molecule has 0 fully saturated rings. The van der Waals surface area contributed by atoms with E-state index in [0.29, 0.717) is 50.2 Å². The Kier molecular flexibility index (Phi) is 7.33. The van der Waals surface area contributed by atoms with Crippen molar-refractivity contribution in [2.45, 2.75) is 20.3 Å². The lowest BCUT2D eigenvalue weighted by molar-refractivity contribution is 0.205. The maximum Gasteiger partial charge on any atom is 0.239 e. The Morgan fingerprint density at radius 1 is 1.38 bits per heavy atom. The lowest BCUT2D eigenvalue weighted by Gasteiger charge is -2.23. The molecule has 116 valence electrons. The Hall–Kier alpha value is -2.00. The molecule has 1 aromatic heterocycles. The van der Waals surface area contributed by atoms with E-state index >= 15 is 0 Å². The van der Waals surface area contributed by atoms with Gasteiger partial charge in [0.15, 0.2) is 0 Å². The van der Waals surface area contributed by atoms with Gasteiger partial charge in [-0.05, 0) is 18.1 Å². The van der Waals surface area contributed by atoms with Crippen molar-refractivity contribution in [3.05, 3.63) is 12.1 Å². The highest BCUT2D eigenvalue weighted by Crippen LogP contribution is 2.23. The number of hydrogen-bond acceptors (Lipinski definition) is 6. The van der Waals surface area contributed by atoms with Gasteiger partial charge < -0.3 is 20.1 Å². The number of nitrogens with zero attached hydrogens (tertiary/aromatic N) is 3. The topological polar surface area (TPSA) is 84.4 Å². The third-order valence-corrected chi connectivity index (χ3v) is 2.81. The van der Waals surface area contributed by atoms with Crippen molar-refractivity contribution in [3.8, 4) is 11.9 Å². The first-order chi connectivity index (χ1) is 10.1. The van der Waals surface area contributed by atoms with Gasteiger partial charge >= 0.3 is 0 Å². The number of nitriles is 1. The fourth-order valence-electron chi connectivity index (χ4n) is 1.71. The second-order valence-corrected chi connectivity index (χ2v) is 5.16. The van der Waals surface area contributed by atoms with Crippen molar-refractivity contribution >= 4 is 11.5 Å². The minimum atomic E-state index is 0.401. The Bertz CT molecular complexity index is 471. The third-order valence-electron chi connectivity index (χ3n) is 2.81. The van der Waals surface area contributed by atoms with Gasteiger partial charge in [-0.25, -0.2) is 0 Å². The van der Waals surface area contributed by atoms with Gasteiger partial charge in [-0.1, -0.05) is 13.8 Å². The summed E-state index contributed by atoms with van der Waals surface area (Å²) in [6.07, 6.45) is 0.429. The summed E-state index contributed by atoms with van der Waals surface area (Å²) < 4.78 is 10.7. The van der Waals surface area contributed by atoms with Crippen LogP contribution in [-0.4, -0.2) is 38.4 Å². The van der Waals surface area contributed by atoms with E-state index in [1.807, 2.05) is 11.0 Å². The number of nitrogens with two attached hydrogens (primary N) is 1. The zero-order valence-corrected chi connectivity index (χ0v) is 13.0. The molecule has 1 heterocycles. The van der Waals surface area contributed by atoms with Gasteiger partial charge in [0, 0.05) is 20.2 Å². The quantitative estimate of drug-likeness (QED) is 0.750. The van der Waals surface area contributed by atoms with Crippen molar-refractivity contribution in [2.75, 3.05) is 44.0 Å². The van der Waals surface area contributed by atoms with E-state index in [-0.39, 0.29) is 0 Å². The lowest BCUT2D eigenvalue weighted by atomic mass is 10.2. The minimum Gasteiger partial charge on any atom is -0.476 e. The average Bonchev–Trinajstić information content (AvgIpc) is 2.47. The number of nitrogen functional groups attached to an aromatic ring is 1. The molecule has 0 atom stereocenters.